The average molecular weight is 413 g/mol. The molecule has 4 rings (SSSR count). The highest BCUT2D eigenvalue weighted by molar-refractivity contribution is 7.09. The smallest absolute Gasteiger partial charge is 0.223 e. The second-order valence-corrected chi connectivity index (χ2v) is 9.69. The molecule has 5 heteroatoms. The van der Waals surface area contributed by atoms with Crippen molar-refractivity contribution in [1.82, 2.24) is 9.88 Å². The Morgan fingerprint density at radius 1 is 1.31 bits per heavy atom. The standard InChI is InChI=1S/C24H32N2O2S/c1-16(2)22-15-29-24(25-22)19-8-5-11-26(14-19)23(27)13-18-7-4-6-17-12-20(28-3)9-10-21(17)18/h9-10,12,15-16,18-19H,4-8,11,13-14H2,1-3H3/t18-,19+/m1/s1. The van der Waals surface area contributed by atoms with E-state index < -0.39 is 0 Å². The van der Waals surface area contributed by atoms with E-state index in [0.717, 1.165) is 50.9 Å². The number of piperidine rings is 1. The molecule has 2 aliphatic rings. The van der Waals surface area contributed by atoms with Crippen LogP contribution in [0.4, 0.5) is 0 Å². The highest BCUT2D eigenvalue weighted by Gasteiger charge is 2.30. The van der Waals surface area contributed by atoms with Crippen molar-refractivity contribution in [2.45, 2.75) is 70.1 Å². The third-order valence-corrected chi connectivity index (χ3v) is 7.49. The maximum absolute atomic E-state index is 13.2. The summed E-state index contributed by atoms with van der Waals surface area (Å²) in [6.07, 6.45) is 6.18. The molecular weight excluding hydrogens is 380 g/mol. The molecule has 1 fully saturated rings. The van der Waals surface area contributed by atoms with Crippen molar-refractivity contribution in [3.8, 4) is 5.75 Å². The van der Waals surface area contributed by atoms with E-state index in [0.29, 0.717) is 30.1 Å². The van der Waals surface area contributed by atoms with Gasteiger partial charge in [-0.25, -0.2) is 4.98 Å². The molecule has 0 radical (unpaired) electrons. The van der Waals surface area contributed by atoms with Gasteiger partial charge < -0.3 is 9.64 Å². The van der Waals surface area contributed by atoms with Gasteiger partial charge in [-0.1, -0.05) is 19.9 Å². The number of aryl methyl sites for hydroxylation is 1. The second kappa shape index (κ2) is 8.86. The predicted octanol–water partition coefficient (Wildman–Crippen LogP) is 5.49. The minimum absolute atomic E-state index is 0.309. The molecule has 1 aromatic heterocycles. The van der Waals surface area contributed by atoms with E-state index in [1.807, 2.05) is 6.07 Å². The van der Waals surface area contributed by atoms with Gasteiger partial charge in [-0.2, -0.15) is 0 Å². The largest absolute Gasteiger partial charge is 0.497 e. The van der Waals surface area contributed by atoms with Crippen LogP contribution < -0.4 is 4.74 Å². The fourth-order valence-corrected chi connectivity index (χ4v) is 5.84. The van der Waals surface area contributed by atoms with E-state index >= 15 is 0 Å². The lowest BCUT2D eigenvalue weighted by atomic mass is 9.80. The quantitative estimate of drug-likeness (QED) is 0.652. The molecule has 29 heavy (non-hydrogen) atoms. The number of benzene rings is 1. The van der Waals surface area contributed by atoms with Crippen LogP contribution in [0.2, 0.25) is 0 Å². The van der Waals surface area contributed by atoms with Crippen molar-refractivity contribution in [3.63, 3.8) is 0 Å². The number of carbonyl (C=O) groups is 1. The number of aromatic nitrogens is 1. The first-order chi connectivity index (χ1) is 14.0. The minimum atomic E-state index is 0.309. The Balaban J connectivity index is 1.42. The van der Waals surface area contributed by atoms with Gasteiger partial charge in [-0.05, 0) is 67.2 Å². The summed E-state index contributed by atoms with van der Waals surface area (Å²) < 4.78 is 5.38. The highest BCUT2D eigenvalue weighted by Crippen LogP contribution is 2.37. The molecule has 2 atom stereocenters. The van der Waals surface area contributed by atoms with E-state index in [1.165, 1.54) is 21.8 Å². The van der Waals surface area contributed by atoms with Crippen LogP contribution in [0.25, 0.3) is 0 Å². The van der Waals surface area contributed by atoms with Crippen molar-refractivity contribution in [1.29, 1.82) is 0 Å². The van der Waals surface area contributed by atoms with Crippen LogP contribution in [-0.4, -0.2) is 36.0 Å². The van der Waals surface area contributed by atoms with Gasteiger partial charge in [-0.15, -0.1) is 11.3 Å². The summed E-state index contributed by atoms with van der Waals surface area (Å²) in [6, 6.07) is 6.36. The van der Waals surface area contributed by atoms with E-state index in [-0.39, 0.29) is 0 Å². The Kier molecular flexibility index (Phi) is 6.23. The molecule has 1 aliphatic heterocycles. The van der Waals surface area contributed by atoms with Gasteiger partial charge in [-0.3, -0.25) is 4.79 Å². The zero-order valence-electron chi connectivity index (χ0n) is 17.8. The zero-order chi connectivity index (χ0) is 20.4. The Hall–Kier alpha value is -1.88. The fraction of sp³-hybridized carbons (Fsp3) is 0.583. The van der Waals surface area contributed by atoms with Gasteiger partial charge in [0.2, 0.25) is 5.91 Å². The monoisotopic (exact) mass is 412 g/mol. The van der Waals surface area contributed by atoms with Crippen molar-refractivity contribution in [2.75, 3.05) is 20.2 Å². The summed E-state index contributed by atoms with van der Waals surface area (Å²) in [5.41, 5.74) is 3.89. The second-order valence-electron chi connectivity index (χ2n) is 8.80. The Labute approximate surface area is 178 Å². The van der Waals surface area contributed by atoms with Gasteiger partial charge in [0.1, 0.15) is 5.75 Å². The lowest BCUT2D eigenvalue weighted by Crippen LogP contribution is -2.39. The zero-order valence-corrected chi connectivity index (χ0v) is 18.6. The molecule has 156 valence electrons. The summed E-state index contributed by atoms with van der Waals surface area (Å²) in [5.74, 6) is 2.42. The van der Waals surface area contributed by atoms with Gasteiger partial charge >= 0.3 is 0 Å². The van der Waals surface area contributed by atoms with E-state index in [2.05, 4.69) is 36.3 Å². The molecule has 1 aromatic carbocycles. The number of ether oxygens (including phenoxy) is 1. The van der Waals surface area contributed by atoms with Crippen LogP contribution in [-0.2, 0) is 11.2 Å². The molecule has 0 bridgehead atoms. The predicted molar refractivity (Wildman–Crippen MR) is 118 cm³/mol. The van der Waals surface area contributed by atoms with Gasteiger partial charge in [0.15, 0.2) is 0 Å². The molecule has 1 amide bonds. The molecular formula is C24H32N2O2S. The summed E-state index contributed by atoms with van der Waals surface area (Å²) in [6.45, 7) is 6.09. The topological polar surface area (TPSA) is 42.4 Å². The van der Waals surface area contributed by atoms with Crippen molar-refractivity contribution >= 4 is 17.2 Å². The maximum Gasteiger partial charge on any atom is 0.223 e. The Morgan fingerprint density at radius 2 is 2.17 bits per heavy atom. The first-order valence-electron chi connectivity index (χ1n) is 10.9. The van der Waals surface area contributed by atoms with E-state index in [4.69, 9.17) is 9.72 Å². The number of amides is 1. The molecule has 2 heterocycles. The number of thiazole rings is 1. The summed E-state index contributed by atoms with van der Waals surface area (Å²) in [7, 11) is 1.71. The molecule has 4 nitrogen and oxygen atoms in total. The van der Waals surface area contributed by atoms with Crippen LogP contribution in [0, 0.1) is 0 Å². The first-order valence-corrected chi connectivity index (χ1v) is 11.8. The van der Waals surface area contributed by atoms with Gasteiger partial charge in [0.05, 0.1) is 17.8 Å². The third-order valence-electron chi connectivity index (χ3n) is 6.46. The number of hydrogen-bond acceptors (Lipinski definition) is 4. The van der Waals surface area contributed by atoms with E-state index in [1.54, 1.807) is 18.4 Å². The fourth-order valence-electron chi connectivity index (χ4n) is 4.73. The number of fused-ring (bicyclic) bond motifs is 1. The molecule has 1 saturated heterocycles. The number of nitrogens with zero attached hydrogens (tertiary/aromatic N) is 2. The molecule has 0 spiro atoms. The van der Waals surface area contributed by atoms with Crippen LogP contribution in [0.15, 0.2) is 23.6 Å². The Bertz CT molecular complexity index is 860. The van der Waals surface area contributed by atoms with Crippen molar-refractivity contribution < 1.29 is 9.53 Å². The van der Waals surface area contributed by atoms with Crippen molar-refractivity contribution in [2.24, 2.45) is 0 Å². The SMILES string of the molecule is COc1ccc2c(c1)CCC[C@@H]2CC(=O)N1CCC[C@H](c2nc(C(C)C)cs2)C1. The van der Waals surface area contributed by atoms with Gasteiger partial charge in [0.25, 0.3) is 0 Å². The molecule has 2 aromatic rings. The molecule has 0 saturated carbocycles. The molecule has 0 N–H and O–H groups in total. The van der Waals surface area contributed by atoms with Crippen LogP contribution in [0.5, 0.6) is 5.75 Å². The molecule has 1 aliphatic carbocycles. The number of hydrogen-bond donors (Lipinski definition) is 0. The third kappa shape index (κ3) is 4.50. The highest BCUT2D eigenvalue weighted by atomic mass is 32.1. The number of methoxy groups -OCH3 is 1. The van der Waals surface area contributed by atoms with Crippen LogP contribution in [0.1, 0.15) is 85.5 Å². The lowest BCUT2D eigenvalue weighted by molar-refractivity contribution is -0.132. The Morgan fingerprint density at radius 3 is 2.93 bits per heavy atom. The van der Waals surface area contributed by atoms with Crippen LogP contribution >= 0.6 is 11.3 Å². The van der Waals surface area contributed by atoms with Crippen molar-refractivity contribution in [3.05, 3.63) is 45.4 Å². The minimum Gasteiger partial charge on any atom is -0.497 e. The normalized spacial score (nSPS) is 21.9. The van der Waals surface area contributed by atoms with Gasteiger partial charge in [0, 0.05) is 30.8 Å². The van der Waals surface area contributed by atoms with Crippen LogP contribution in [0.3, 0.4) is 0 Å². The first kappa shape index (κ1) is 20.4. The summed E-state index contributed by atoms with van der Waals surface area (Å²) >= 11 is 1.77. The average Bonchev–Trinajstić information content (AvgIpc) is 3.24. The number of carbonyl (C=O) groups excluding carboxylic acids is 1. The summed E-state index contributed by atoms with van der Waals surface area (Å²) in [5, 5.41) is 3.40. The molecule has 0 unspecified atom stereocenters. The number of rotatable bonds is 5. The maximum atomic E-state index is 13.2. The lowest BCUT2D eigenvalue weighted by Gasteiger charge is -2.34. The van der Waals surface area contributed by atoms with E-state index in [9.17, 15) is 4.79 Å². The number of likely N-dealkylation sites (tertiary alicyclic amines) is 1. The summed E-state index contributed by atoms with van der Waals surface area (Å²) in [4.78, 5) is 20.1.